The summed E-state index contributed by atoms with van der Waals surface area (Å²) in [7, 11) is 0. The first kappa shape index (κ1) is 14.4. The molecule has 6 heteroatoms. The quantitative estimate of drug-likeness (QED) is 0.884. The van der Waals surface area contributed by atoms with E-state index in [0.717, 1.165) is 22.8 Å². The second-order valence-corrected chi connectivity index (χ2v) is 5.60. The predicted molar refractivity (Wildman–Crippen MR) is 63.2 cm³/mol. The smallest absolute Gasteiger partial charge is 0.312 e. The molecule has 0 amide bonds. The molecule has 0 aliphatic heterocycles. The van der Waals surface area contributed by atoms with Gasteiger partial charge in [-0.2, -0.15) is 13.2 Å². The van der Waals surface area contributed by atoms with E-state index in [1.807, 2.05) is 0 Å². The van der Waals surface area contributed by atoms with Crippen molar-refractivity contribution in [3.8, 4) is 0 Å². The molecule has 0 bridgehead atoms. The molecule has 0 unspecified atom stereocenters. The van der Waals surface area contributed by atoms with Crippen molar-refractivity contribution >= 4 is 11.3 Å². The van der Waals surface area contributed by atoms with Crippen LogP contribution in [0.2, 0.25) is 0 Å². The zero-order chi connectivity index (χ0) is 13.1. The summed E-state index contributed by atoms with van der Waals surface area (Å²) in [5.74, 6) is 0.526. The van der Waals surface area contributed by atoms with E-state index >= 15 is 0 Å². The van der Waals surface area contributed by atoms with E-state index in [4.69, 9.17) is 0 Å². The van der Waals surface area contributed by atoms with Crippen LogP contribution in [0.5, 0.6) is 0 Å². The van der Waals surface area contributed by atoms with Gasteiger partial charge in [-0.3, -0.25) is 0 Å². The Balaban J connectivity index is 2.56. The van der Waals surface area contributed by atoms with E-state index in [-0.39, 0.29) is 5.01 Å². The van der Waals surface area contributed by atoms with E-state index in [2.05, 4.69) is 24.1 Å². The number of hydrogen-bond acceptors (Lipinski definition) is 3. The highest BCUT2D eigenvalue weighted by molar-refractivity contribution is 7.11. The number of thiazole rings is 1. The minimum Gasteiger partial charge on any atom is -0.312 e. The number of aryl methyl sites for hydroxylation is 1. The van der Waals surface area contributed by atoms with Crippen molar-refractivity contribution in [2.24, 2.45) is 5.92 Å². The Morgan fingerprint density at radius 3 is 2.53 bits per heavy atom. The number of alkyl halides is 3. The van der Waals surface area contributed by atoms with Crippen molar-refractivity contribution in [3.63, 3.8) is 0 Å². The van der Waals surface area contributed by atoms with Gasteiger partial charge in [0.2, 0.25) is 0 Å². The first-order valence-corrected chi connectivity index (χ1v) is 6.32. The van der Waals surface area contributed by atoms with Gasteiger partial charge in [0, 0.05) is 11.4 Å². The lowest BCUT2D eigenvalue weighted by Gasteiger charge is -2.05. The molecule has 0 radical (unpaired) electrons. The molecule has 1 N–H and O–H groups in total. The molecule has 1 heterocycles. The molecule has 98 valence electrons. The van der Waals surface area contributed by atoms with Crippen LogP contribution in [0.3, 0.4) is 0 Å². The second-order valence-electron chi connectivity index (χ2n) is 4.43. The van der Waals surface area contributed by atoms with Crippen molar-refractivity contribution < 1.29 is 13.2 Å². The maximum absolute atomic E-state index is 12.2. The Morgan fingerprint density at radius 1 is 1.35 bits per heavy atom. The highest BCUT2D eigenvalue weighted by Crippen LogP contribution is 2.26. The van der Waals surface area contributed by atoms with Crippen LogP contribution in [0.25, 0.3) is 0 Å². The predicted octanol–water partition coefficient (Wildman–Crippen LogP) is 3.30. The zero-order valence-electron chi connectivity index (χ0n) is 10.2. The van der Waals surface area contributed by atoms with E-state index in [0.29, 0.717) is 18.2 Å². The average molecular weight is 266 g/mol. The highest BCUT2D eigenvalue weighted by Gasteiger charge is 2.29. The SMILES string of the molecule is Cc1nc(CC(F)(F)F)sc1CNCC(C)C. The van der Waals surface area contributed by atoms with Crippen molar-refractivity contribution in [1.82, 2.24) is 10.3 Å². The van der Waals surface area contributed by atoms with Crippen LogP contribution in [0.15, 0.2) is 0 Å². The number of halogens is 3. The largest absolute Gasteiger partial charge is 0.395 e. The molecular formula is C11H17F3N2S. The Bertz CT molecular complexity index is 358. The van der Waals surface area contributed by atoms with Crippen LogP contribution in [0.1, 0.15) is 29.4 Å². The lowest BCUT2D eigenvalue weighted by Crippen LogP contribution is -2.18. The minimum absolute atomic E-state index is 0.149. The first-order valence-electron chi connectivity index (χ1n) is 5.50. The summed E-state index contributed by atoms with van der Waals surface area (Å²) >= 11 is 1.14. The van der Waals surface area contributed by atoms with Crippen LogP contribution in [0, 0.1) is 12.8 Å². The maximum atomic E-state index is 12.2. The molecule has 2 nitrogen and oxygen atoms in total. The molecule has 0 saturated heterocycles. The van der Waals surface area contributed by atoms with Crippen LogP contribution in [0.4, 0.5) is 13.2 Å². The molecule has 0 saturated carbocycles. The molecule has 0 aliphatic rings. The third-order valence-corrected chi connectivity index (χ3v) is 3.28. The first-order chi connectivity index (χ1) is 7.78. The van der Waals surface area contributed by atoms with Gasteiger partial charge in [-0.05, 0) is 19.4 Å². The fourth-order valence-electron chi connectivity index (χ4n) is 1.37. The molecule has 0 aromatic carbocycles. The molecule has 0 fully saturated rings. The van der Waals surface area contributed by atoms with Crippen LogP contribution >= 0.6 is 11.3 Å². The fourth-order valence-corrected chi connectivity index (χ4v) is 2.44. The molecule has 1 aromatic rings. The Labute approximate surface area is 103 Å². The van der Waals surface area contributed by atoms with Gasteiger partial charge in [-0.15, -0.1) is 11.3 Å². The van der Waals surface area contributed by atoms with Crippen molar-refractivity contribution in [3.05, 3.63) is 15.6 Å². The normalized spacial score (nSPS) is 12.4. The monoisotopic (exact) mass is 266 g/mol. The number of hydrogen-bond donors (Lipinski definition) is 1. The van der Waals surface area contributed by atoms with E-state index in [1.165, 1.54) is 0 Å². The van der Waals surface area contributed by atoms with Crippen molar-refractivity contribution in [2.45, 2.75) is 39.9 Å². The van der Waals surface area contributed by atoms with Gasteiger partial charge in [0.1, 0.15) is 5.01 Å². The van der Waals surface area contributed by atoms with Gasteiger partial charge in [0.15, 0.2) is 0 Å². The lowest BCUT2D eigenvalue weighted by atomic mass is 10.2. The molecule has 17 heavy (non-hydrogen) atoms. The summed E-state index contributed by atoms with van der Waals surface area (Å²) in [6.45, 7) is 7.37. The van der Waals surface area contributed by atoms with Gasteiger partial charge in [0.05, 0.1) is 12.1 Å². The number of rotatable bonds is 5. The number of nitrogens with one attached hydrogen (secondary N) is 1. The Hall–Kier alpha value is -0.620. The third-order valence-electron chi connectivity index (χ3n) is 2.13. The van der Waals surface area contributed by atoms with Crippen LogP contribution in [-0.4, -0.2) is 17.7 Å². The third kappa shape index (κ3) is 5.50. The highest BCUT2D eigenvalue weighted by atomic mass is 32.1. The average Bonchev–Trinajstić information content (AvgIpc) is 2.42. The number of nitrogens with zero attached hydrogens (tertiary/aromatic N) is 1. The standard InChI is InChI=1S/C11H17F3N2S/c1-7(2)5-15-6-9-8(3)16-10(17-9)4-11(12,13)14/h7,15H,4-6H2,1-3H3. The Morgan fingerprint density at radius 2 is 2.00 bits per heavy atom. The summed E-state index contributed by atoms with van der Waals surface area (Å²) in [5, 5.41) is 3.36. The summed E-state index contributed by atoms with van der Waals surface area (Å²) < 4.78 is 36.6. The van der Waals surface area contributed by atoms with Gasteiger partial charge in [0.25, 0.3) is 0 Å². The molecule has 0 aliphatic carbocycles. The summed E-state index contributed by atoms with van der Waals surface area (Å²) in [6.07, 6.45) is -5.10. The fraction of sp³-hybridized carbons (Fsp3) is 0.727. The summed E-state index contributed by atoms with van der Waals surface area (Å²) in [5.41, 5.74) is 0.700. The second kappa shape index (κ2) is 5.82. The maximum Gasteiger partial charge on any atom is 0.395 e. The number of aromatic nitrogens is 1. The van der Waals surface area contributed by atoms with E-state index in [1.54, 1.807) is 6.92 Å². The topological polar surface area (TPSA) is 24.9 Å². The van der Waals surface area contributed by atoms with E-state index in [9.17, 15) is 13.2 Å². The summed E-state index contributed by atoms with van der Waals surface area (Å²) in [4.78, 5) is 4.85. The molecule has 1 rings (SSSR count). The van der Waals surface area contributed by atoms with Gasteiger partial charge in [-0.25, -0.2) is 4.98 Å². The lowest BCUT2D eigenvalue weighted by molar-refractivity contribution is -0.127. The van der Waals surface area contributed by atoms with Crippen molar-refractivity contribution in [2.75, 3.05) is 6.54 Å². The van der Waals surface area contributed by atoms with Gasteiger partial charge in [-0.1, -0.05) is 13.8 Å². The van der Waals surface area contributed by atoms with Crippen LogP contribution < -0.4 is 5.32 Å². The van der Waals surface area contributed by atoms with Gasteiger partial charge >= 0.3 is 6.18 Å². The summed E-state index contributed by atoms with van der Waals surface area (Å²) in [6, 6.07) is 0. The molecule has 1 aromatic heterocycles. The molecule has 0 atom stereocenters. The Kier molecular flexibility index (Phi) is 4.94. The van der Waals surface area contributed by atoms with Crippen molar-refractivity contribution in [1.29, 1.82) is 0 Å². The zero-order valence-corrected chi connectivity index (χ0v) is 11.0. The molecular weight excluding hydrogens is 249 g/mol. The van der Waals surface area contributed by atoms with Crippen LogP contribution in [-0.2, 0) is 13.0 Å². The van der Waals surface area contributed by atoms with E-state index < -0.39 is 12.6 Å². The van der Waals surface area contributed by atoms with Gasteiger partial charge < -0.3 is 5.32 Å². The molecule has 0 spiro atoms. The minimum atomic E-state index is -4.17.